The van der Waals surface area contributed by atoms with Crippen molar-refractivity contribution in [1.29, 1.82) is 0 Å². The maximum atomic E-state index is 5.91. The second-order valence-corrected chi connectivity index (χ2v) is 6.14. The summed E-state index contributed by atoms with van der Waals surface area (Å²) in [7, 11) is 0. The van der Waals surface area contributed by atoms with Gasteiger partial charge >= 0.3 is 0 Å². The van der Waals surface area contributed by atoms with E-state index in [-0.39, 0.29) is 0 Å². The lowest BCUT2D eigenvalue weighted by atomic mass is 10.1. The first-order chi connectivity index (χ1) is 9.28. The lowest BCUT2D eigenvalue weighted by Gasteiger charge is -2.21. The molecule has 0 aliphatic heterocycles. The van der Waals surface area contributed by atoms with Gasteiger partial charge in [-0.3, -0.25) is 4.90 Å². The minimum Gasteiger partial charge on any atom is -0.294 e. The van der Waals surface area contributed by atoms with Gasteiger partial charge in [0.25, 0.3) is 0 Å². The molecule has 0 aliphatic rings. The molecule has 0 bridgehead atoms. The summed E-state index contributed by atoms with van der Waals surface area (Å²) >= 11 is 8.24. The van der Waals surface area contributed by atoms with Gasteiger partial charge in [0.05, 0.1) is 0 Å². The van der Waals surface area contributed by atoms with Crippen molar-refractivity contribution in [2.45, 2.75) is 13.1 Å². The van der Waals surface area contributed by atoms with E-state index in [9.17, 15) is 0 Å². The Kier molecular flexibility index (Phi) is 6.14. The van der Waals surface area contributed by atoms with Crippen molar-refractivity contribution in [3.63, 3.8) is 0 Å². The van der Waals surface area contributed by atoms with Crippen molar-refractivity contribution >= 4 is 34.2 Å². The van der Waals surface area contributed by atoms with Crippen LogP contribution < -0.4 is 0 Å². The third-order valence-corrected chi connectivity index (χ3v) is 3.86. The normalized spacial score (nSPS) is 10.9. The molecular formula is C16H17ClIN. The van der Waals surface area contributed by atoms with Crippen LogP contribution in [0.1, 0.15) is 11.1 Å². The number of halogens is 2. The summed E-state index contributed by atoms with van der Waals surface area (Å²) in [6.07, 6.45) is 0. The molecule has 0 aromatic heterocycles. The highest BCUT2D eigenvalue weighted by Crippen LogP contribution is 2.12. The fourth-order valence-electron chi connectivity index (χ4n) is 2.02. The minimum absolute atomic E-state index is 0.664. The summed E-state index contributed by atoms with van der Waals surface area (Å²) in [5, 5.41) is 0. The van der Waals surface area contributed by atoms with Gasteiger partial charge in [0.2, 0.25) is 0 Å². The number of hydrogen-bond acceptors (Lipinski definition) is 1. The molecule has 3 heteroatoms. The SMILES string of the molecule is ClCCN(Cc1ccccc1)Cc1ccc(I)cc1. The first kappa shape index (κ1) is 14.8. The van der Waals surface area contributed by atoms with E-state index < -0.39 is 0 Å². The van der Waals surface area contributed by atoms with Gasteiger partial charge in [0.15, 0.2) is 0 Å². The number of hydrogen-bond donors (Lipinski definition) is 0. The Hall–Kier alpha value is -0.580. The fourth-order valence-corrected chi connectivity index (χ4v) is 2.62. The molecule has 19 heavy (non-hydrogen) atoms. The van der Waals surface area contributed by atoms with Crippen molar-refractivity contribution in [3.05, 3.63) is 69.3 Å². The zero-order valence-electron chi connectivity index (χ0n) is 10.7. The van der Waals surface area contributed by atoms with Crippen LogP contribution >= 0.6 is 34.2 Å². The molecule has 0 aliphatic carbocycles. The number of alkyl halides is 1. The number of nitrogens with zero attached hydrogens (tertiary/aromatic N) is 1. The van der Waals surface area contributed by atoms with E-state index in [0.29, 0.717) is 5.88 Å². The summed E-state index contributed by atoms with van der Waals surface area (Å²) in [6, 6.07) is 19.2. The molecule has 2 aromatic rings. The topological polar surface area (TPSA) is 3.24 Å². The highest BCUT2D eigenvalue weighted by Gasteiger charge is 2.06. The lowest BCUT2D eigenvalue weighted by Crippen LogP contribution is -2.24. The van der Waals surface area contributed by atoms with Gasteiger partial charge in [-0.15, -0.1) is 11.6 Å². The van der Waals surface area contributed by atoms with Crippen LogP contribution in [0.5, 0.6) is 0 Å². The predicted octanol–water partition coefficient (Wildman–Crippen LogP) is 4.53. The molecule has 0 heterocycles. The Morgan fingerprint density at radius 1 is 0.842 bits per heavy atom. The lowest BCUT2D eigenvalue weighted by molar-refractivity contribution is 0.273. The van der Waals surface area contributed by atoms with E-state index in [2.05, 4.69) is 82.1 Å². The molecule has 0 fully saturated rings. The van der Waals surface area contributed by atoms with Gasteiger partial charge in [0.1, 0.15) is 0 Å². The van der Waals surface area contributed by atoms with E-state index in [0.717, 1.165) is 19.6 Å². The van der Waals surface area contributed by atoms with Crippen LogP contribution in [-0.2, 0) is 13.1 Å². The van der Waals surface area contributed by atoms with Crippen LogP contribution in [-0.4, -0.2) is 17.3 Å². The van der Waals surface area contributed by atoms with Crippen molar-refractivity contribution in [2.75, 3.05) is 12.4 Å². The zero-order valence-corrected chi connectivity index (χ0v) is 13.6. The van der Waals surface area contributed by atoms with Gasteiger partial charge in [0, 0.05) is 29.1 Å². The van der Waals surface area contributed by atoms with E-state index in [4.69, 9.17) is 11.6 Å². The smallest absolute Gasteiger partial charge is 0.0351 e. The van der Waals surface area contributed by atoms with Crippen molar-refractivity contribution in [3.8, 4) is 0 Å². The standard InChI is InChI=1S/C16H17ClIN/c17-10-11-19(12-14-4-2-1-3-5-14)13-15-6-8-16(18)9-7-15/h1-9H,10-13H2. The van der Waals surface area contributed by atoms with Gasteiger partial charge in [-0.2, -0.15) is 0 Å². The molecule has 0 unspecified atom stereocenters. The van der Waals surface area contributed by atoms with Crippen LogP contribution in [0.2, 0.25) is 0 Å². The third-order valence-electron chi connectivity index (χ3n) is 2.97. The zero-order chi connectivity index (χ0) is 13.5. The Bertz CT molecular complexity index is 484. The molecule has 0 radical (unpaired) electrons. The Morgan fingerprint density at radius 2 is 1.42 bits per heavy atom. The number of benzene rings is 2. The quantitative estimate of drug-likeness (QED) is 0.521. The Balaban J connectivity index is 2.01. The largest absolute Gasteiger partial charge is 0.294 e. The molecule has 100 valence electrons. The molecule has 0 N–H and O–H groups in total. The predicted molar refractivity (Wildman–Crippen MR) is 90.4 cm³/mol. The first-order valence-corrected chi connectivity index (χ1v) is 7.96. The first-order valence-electron chi connectivity index (χ1n) is 6.34. The average molecular weight is 386 g/mol. The van der Waals surface area contributed by atoms with Crippen LogP contribution in [0.3, 0.4) is 0 Å². The molecule has 0 saturated heterocycles. The second-order valence-electron chi connectivity index (χ2n) is 4.51. The summed E-state index contributed by atoms with van der Waals surface area (Å²) in [4.78, 5) is 2.38. The summed E-state index contributed by atoms with van der Waals surface area (Å²) in [6.45, 7) is 2.79. The molecule has 2 aromatic carbocycles. The van der Waals surface area contributed by atoms with Gasteiger partial charge in [-0.25, -0.2) is 0 Å². The van der Waals surface area contributed by atoms with Crippen LogP contribution in [0.25, 0.3) is 0 Å². The van der Waals surface area contributed by atoms with E-state index in [1.54, 1.807) is 0 Å². The van der Waals surface area contributed by atoms with E-state index >= 15 is 0 Å². The second kappa shape index (κ2) is 7.88. The average Bonchev–Trinajstić information content (AvgIpc) is 2.43. The van der Waals surface area contributed by atoms with Gasteiger partial charge in [-0.05, 0) is 45.9 Å². The molecule has 0 amide bonds. The number of rotatable bonds is 6. The Morgan fingerprint density at radius 3 is 2.00 bits per heavy atom. The molecule has 0 atom stereocenters. The molecule has 0 saturated carbocycles. The third kappa shape index (κ3) is 5.13. The highest BCUT2D eigenvalue weighted by molar-refractivity contribution is 14.1. The molecule has 0 spiro atoms. The Labute approximate surface area is 133 Å². The van der Waals surface area contributed by atoms with E-state index in [1.807, 2.05) is 0 Å². The maximum absolute atomic E-state index is 5.91. The van der Waals surface area contributed by atoms with Crippen molar-refractivity contribution in [1.82, 2.24) is 4.90 Å². The van der Waals surface area contributed by atoms with Crippen LogP contribution in [0.4, 0.5) is 0 Å². The van der Waals surface area contributed by atoms with Crippen LogP contribution in [0.15, 0.2) is 54.6 Å². The summed E-state index contributed by atoms with van der Waals surface area (Å²) < 4.78 is 1.27. The van der Waals surface area contributed by atoms with Gasteiger partial charge in [-0.1, -0.05) is 42.5 Å². The van der Waals surface area contributed by atoms with Crippen LogP contribution in [0, 0.1) is 3.57 Å². The van der Waals surface area contributed by atoms with Crippen molar-refractivity contribution in [2.24, 2.45) is 0 Å². The summed E-state index contributed by atoms with van der Waals surface area (Å²) in [5.74, 6) is 0.664. The summed E-state index contributed by atoms with van der Waals surface area (Å²) in [5.41, 5.74) is 2.67. The molecule has 1 nitrogen and oxygen atoms in total. The van der Waals surface area contributed by atoms with E-state index in [1.165, 1.54) is 14.7 Å². The molecule has 2 rings (SSSR count). The fraction of sp³-hybridized carbons (Fsp3) is 0.250. The minimum atomic E-state index is 0.664. The highest BCUT2D eigenvalue weighted by atomic mass is 127. The van der Waals surface area contributed by atoms with Crippen molar-refractivity contribution < 1.29 is 0 Å². The van der Waals surface area contributed by atoms with Gasteiger partial charge < -0.3 is 0 Å². The maximum Gasteiger partial charge on any atom is 0.0351 e. The molecular weight excluding hydrogens is 369 g/mol. The monoisotopic (exact) mass is 385 g/mol.